The van der Waals surface area contributed by atoms with E-state index in [-0.39, 0.29) is 5.91 Å². The zero-order valence-corrected chi connectivity index (χ0v) is 7.41. The van der Waals surface area contributed by atoms with E-state index in [1.807, 2.05) is 0 Å². The summed E-state index contributed by atoms with van der Waals surface area (Å²) in [5.74, 6) is 4.81. The fraction of sp³-hybridized carbons (Fsp3) is 0.222. The first-order chi connectivity index (χ1) is 6.27. The van der Waals surface area contributed by atoms with Gasteiger partial charge in [0.15, 0.2) is 0 Å². The van der Waals surface area contributed by atoms with Gasteiger partial charge in [0, 0.05) is 12.6 Å². The molecule has 1 aromatic rings. The smallest absolute Gasteiger partial charge is 0.251 e. The van der Waals surface area contributed by atoms with Crippen LogP contribution >= 0.6 is 0 Å². The molecule has 0 saturated carbocycles. The van der Waals surface area contributed by atoms with Crippen molar-refractivity contribution in [3.8, 4) is 0 Å². The minimum absolute atomic E-state index is 0.0970. The molecule has 1 aromatic carbocycles. The van der Waals surface area contributed by atoms with Gasteiger partial charge in [-0.25, -0.2) is 5.90 Å². The molecule has 0 aliphatic carbocycles. The van der Waals surface area contributed by atoms with Crippen LogP contribution in [0.3, 0.4) is 0 Å². The summed E-state index contributed by atoms with van der Waals surface area (Å²) < 4.78 is 0. The van der Waals surface area contributed by atoms with E-state index in [9.17, 15) is 4.79 Å². The van der Waals surface area contributed by atoms with Crippen LogP contribution in [0.15, 0.2) is 24.3 Å². The summed E-state index contributed by atoms with van der Waals surface area (Å²) in [4.78, 5) is 15.6. The number of benzene rings is 1. The Morgan fingerprint density at radius 3 is 2.54 bits per heavy atom. The summed E-state index contributed by atoms with van der Waals surface area (Å²) in [6, 6.07) is 7.06. The van der Waals surface area contributed by atoms with E-state index in [4.69, 9.17) is 5.90 Å². The lowest BCUT2D eigenvalue weighted by atomic mass is 10.1. The van der Waals surface area contributed by atoms with Crippen LogP contribution in [0.25, 0.3) is 0 Å². The summed E-state index contributed by atoms with van der Waals surface area (Å²) in [6.07, 6.45) is 0. The molecule has 0 radical (unpaired) electrons. The molecule has 4 nitrogen and oxygen atoms in total. The molecule has 0 bridgehead atoms. The molecule has 4 heteroatoms. The Balaban J connectivity index is 2.75. The molecule has 13 heavy (non-hydrogen) atoms. The monoisotopic (exact) mass is 180 g/mol. The summed E-state index contributed by atoms with van der Waals surface area (Å²) in [6.45, 7) is 0.355. The average Bonchev–Trinajstić information content (AvgIpc) is 2.18. The number of hydrogen-bond donors (Lipinski definition) is 2. The Hall–Kier alpha value is -1.39. The number of rotatable bonds is 3. The first-order valence-corrected chi connectivity index (χ1v) is 3.90. The van der Waals surface area contributed by atoms with Crippen molar-refractivity contribution in [3.63, 3.8) is 0 Å². The second-order valence-electron chi connectivity index (χ2n) is 2.59. The first kappa shape index (κ1) is 9.70. The van der Waals surface area contributed by atoms with Crippen molar-refractivity contribution in [1.29, 1.82) is 0 Å². The third-order valence-corrected chi connectivity index (χ3v) is 1.69. The predicted octanol–water partition coefficient (Wildman–Crippen LogP) is 0.436. The number of carbonyl (C=O) groups is 1. The minimum atomic E-state index is -0.0970. The van der Waals surface area contributed by atoms with E-state index in [2.05, 4.69) is 10.2 Å². The third-order valence-electron chi connectivity index (χ3n) is 1.69. The van der Waals surface area contributed by atoms with E-state index < -0.39 is 0 Å². The molecule has 0 saturated heterocycles. The Labute approximate surface area is 76.6 Å². The highest BCUT2D eigenvalue weighted by molar-refractivity contribution is 5.93. The van der Waals surface area contributed by atoms with Crippen molar-refractivity contribution in [2.45, 2.75) is 6.61 Å². The lowest BCUT2D eigenvalue weighted by Gasteiger charge is -2.01. The van der Waals surface area contributed by atoms with Crippen LogP contribution in [0, 0.1) is 0 Å². The van der Waals surface area contributed by atoms with Crippen LogP contribution in [-0.2, 0) is 11.4 Å². The minimum Gasteiger partial charge on any atom is -0.355 e. The highest BCUT2D eigenvalue weighted by atomic mass is 16.6. The lowest BCUT2D eigenvalue weighted by molar-refractivity contribution is 0.0963. The second-order valence-corrected chi connectivity index (χ2v) is 2.59. The molecule has 0 aliphatic heterocycles. The Morgan fingerprint density at radius 1 is 1.46 bits per heavy atom. The number of amides is 1. The maximum absolute atomic E-state index is 11.1. The molecule has 1 amide bonds. The van der Waals surface area contributed by atoms with Crippen molar-refractivity contribution in [3.05, 3.63) is 35.4 Å². The molecule has 3 N–H and O–H groups in total. The molecular weight excluding hydrogens is 168 g/mol. The van der Waals surface area contributed by atoms with Crippen LogP contribution in [0.5, 0.6) is 0 Å². The molecule has 0 atom stereocenters. The van der Waals surface area contributed by atoms with E-state index >= 15 is 0 Å². The van der Waals surface area contributed by atoms with Gasteiger partial charge < -0.3 is 5.32 Å². The van der Waals surface area contributed by atoms with Crippen LogP contribution in [0.1, 0.15) is 15.9 Å². The van der Waals surface area contributed by atoms with Gasteiger partial charge in [-0.2, -0.15) is 0 Å². The van der Waals surface area contributed by atoms with Crippen molar-refractivity contribution < 1.29 is 9.63 Å². The molecule has 0 heterocycles. The first-order valence-electron chi connectivity index (χ1n) is 3.90. The van der Waals surface area contributed by atoms with E-state index in [0.717, 1.165) is 5.56 Å². The van der Waals surface area contributed by atoms with Gasteiger partial charge in [-0.15, -0.1) is 0 Å². The Morgan fingerprint density at radius 2 is 2.08 bits per heavy atom. The van der Waals surface area contributed by atoms with Crippen LogP contribution < -0.4 is 11.2 Å². The topological polar surface area (TPSA) is 64.3 Å². The quantitative estimate of drug-likeness (QED) is 0.663. The molecule has 1 rings (SSSR count). The second kappa shape index (κ2) is 4.59. The van der Waals surface area contributed by atoms with E-state index in [0.29, 0.717) is 12.2 Å². The van der Waals surface area contributed by atoms with Gasteiger partial charge in [-0.05, 0) is 17.7 Å². The highest BCUT2D eigenvalue weighted by Crippen LogP contribution is 2.04. The number of nitrogens with two attached hydrogens (primary N) is 1. The summed E-state index contributed by atoms with van der Waals surface area (Å²) in [5, 5.41) is 2.54. The molecule has 0 unspecified atom stereocenters. The zero-order chi connectivity index (χ0) is 9.68. The van der Waals surface area contributed by atoms with Gasteiger partial charge in [-0.1, -0.05) is 12.1 Å². The molecule has 0 aliphatic rings. The SMILES string of the molecule is CNC(=O)c1ccc(CON)cc1. The fourth-order valence-corrected chi connectivity index (χ4v) is 0.993. The molecule has 0 spiro atoms. The average molecular weight is 180 g/mol. The summed E-state index contributed by atoms with van der Waals surface area (Å²) in [7, 11) is 1.60. The normalized spacial score (nSPS) is 9.69. The fourth-order valence-electron chi connectivity index (χ4n) is 0.993. The largest absolute Gasteiger partial charge is 0.355 e. The summed E-state index contributed by atoms with van der Waals surface area (Å²) >= 11 is 0. The molecule has 70 valence electrons. The lowest BCUT2D eigenvalue weighted by Crippen LogP contribution is -2.17. The van der Waals surface area contributed by atoms with Crippen LogP contribution in [0.2, 0.25) is 0 Å². The number of carbonyl (C=O) groups excluding carboxylic acids is 1. The van der Waals surface area contributed by atoms with Crippen LogP contribution in [-0.4, -0.2) is 13.0 Å². The van der Waals surface area contributed by atoms with Gasteiger partial charge in [0.1, 0.15) is 0 Å². The maximum Gasteiger partial charge on any atom is 0.251 e. The highest BCUT2D eigenvalue weighted by Gasteiger charge is 2.01. The Bertz CT molecular complexity index is 282. The molecule has 0 aromatic heterocycles. The van der Waals surface area contributed by atoms with Gasteiger partial charge in [0.2, 0.25) is 0 Å². The van der Waals surface area contributed by atoms with Gasteiger partial charge >= 0.3 is 0 Å². The van der Waals surface area contributed by atoms with Gasteiger partial charge in [0.25, 0.3) is 5.91 Å². The molecular formula is C9H12N2O2. The van der Waals surface area contributed by atoms with Gasteiger partial charge in [0.05, 0.1) is 6.61 Å². The summed E-state index contributed by atoms with van der Waals surface area (Å²) in [5.41, 5.74) is 1.57. The number of nitrogens with one attached hydrogen (secondary N) is 1. The maximum atomic E-state index is 11.1. The third kappa shape index (κ3) is 2.54. The van der Waals surface area contributed by atoms with Crippen molar-refractivity contribution in [1.82, 2.24) is 5.32 Å². The van der Waals surface area contributed by atoms with Crippen molar-refractivity contribution in [2.24, 2.45) is 5.90 Å². The van der Waals surface area contributed by atoms with E-state index in [1.54, 1.807) is 31.3 Å². The Kier molecular flexibility index (Phi) is 3.42. The van der Waals surface area contributed by atoms with Crippen molar-refractivity contribution >= 4 is 5.91 Å². The standard InChI is InChI=1S/C9H12N2O2/c1-11-9(12)8-4-2-7(3-5-8)6-13-10/h2-5H,6,10H2,1H3,(H,11,12). The molecule has 0 fully saturated rings. The van der Waals surface area contributed by atoms with Gasteiger partial charge in [-0.3, -0.25) is 9.63 Å². The van der Waals surface area contributed by atoms with E-state index in [1.165, 1.54) is 0 Å². The van der Waals surface area contributed by atoms with Crippen LogP contribution in [0.4, 0.5) is 0 Å². The number of hydrogen-bond acceptors (Lipinski definition) is 3. The predicted molar refractivity (Wildman–Crippen MR) is 48.8 cm³/mol. The van der Waals surface area contributed by atoms with Crippen molar-refractivity contribution in [2.75, 3.05) is 7.05 Å². The zero-order valence-electron chi connectivity index (χ0n) is 7.41.